The maximum absolute atomic E-state index is 12.1. The van der Waals surface area contributed by atoms with Crippen molar-refractivity contribution in [1.29, 1.82) is 0 Å². The predicted molar refractivity (Wildman–Crippen MR) is 82.4 cm³/mol. The van der Waals surface area contributed by atoms with E-state index in [1.807, 2.05) is 0 Å². The molecule has 0 saturated heterocycles. The molecule has 1 aromatic rings. The van der Waals surface area contributed by atoms with E-state index in [1.165, 1.54) is 12.1 Å². The van der Waals surface area contributed by atoms with Crippen molar-refractivity contribution in [2.45, 2.75) is 24.2 Å². The summed E-state index contributed by atoms with van der Waals surface area (Å²) >= 11 is 15.0. The number of halogens is 3. The standard InChI is InChI=1S/C11H13BrCl2N2O3S/c12-7-5-8(13)11(9(14)6-7)20(18,19)16-4-2-1-3-10(15)17/h5-6,16H,1-4H2,(H2,15,17). The fourth-order valence-corrected chi connectivity index (χ4v) is 4.50. The van der Waals surface area contributed by atoms with E-state index in [1.54, 1.807) is 0 Å². The van der Waals surface area contributed by atoms with Crippen molar-refractivity contribution >= 4 is 55.1 Å². The SMILES string of the molecule is NC(=O)CCCCNS(=O)(=O)c1c(Cl)cc(Br)cc1Cl. The minimum atomic E-state index is -3.79. The number of unbranched alkanes of at least 4 members (excludes halogenated alkanes) is 1. The number of nitrogens with one attached hydrogen (secondary N) is 1. The summed E-state index contributed by atoms with van der Waals surface area (Å²) in [5.74, 6) is -0.410. The molecule has 20 heavy (non-hydrogen) atoms. The van der Waals surface area contributed by atoms with E-state index in [0.29, 0.717) is 17.3 Å². The van der Waals surface area contributed by atoms with Gasteiger partial charge in [0.05, 0.1) is 10.0 Å². The quantitative estimate of drug-likeness (QED) is 0.685. The topological polar surface area (TPSA) is 89.3 Å². The molecule has 0 bridgehead atoms. The van der Waals surface area contributed by atoms with Crippen LogP contribution in [-0.2, 0) is 14.8 Å². The fraction of sp³-hybridized carbons (Fsp3) is 0.364. The first-order chi connectivity index (χ1) is 9.24. The maximum atomic E-state index is 12.1. The summed E-state index contributed by atoms with van der Waals surface area (Å²) in [5.41, 5.74) is 4.99. The van der Waals surface area contributed by atoms with Gasteiger partial charge in [0.15, 0.2) is 0 Å². The number of sulfonamides is 1. The zero-order valence-electron chi connectivity index (χ0n) is 10.3. The van der Waals surface area contributed by atoms with E-state index < -0.39 is 15.9 Å². The van der Waals surface area contributed by atoms with E-state index >= 15 is 0 Å². The second-order valence-corrected chi connectivity index (χ2v) is 7.45. The molecule has 0 aromatic heterocycles. The first kappa shape index (κ1) is 17.7. The molecule has 0 unspecified atom stereocenters. The molecule has 0 aliphatic heterocycles. The highest BCUT2D eigenvalue weighted by molar-refractivity contribution is 9.10. The summed E-state index contributed by atoms with van der Waals surface area (Å²) in [6.45, 7) is 0.179. The van der Waals surface area contributed by atoms with Crippen molar-refractivity contribution in [3.05, 3.63) is 26.7 Å². The molecule has 3 N–H and O–H groups in total. The number of carbonyl (C=O) groups is 1. The molecule has 0 atom stereocenters. The van der Waals surface area contributed by atoms with Crippen LogP contribution in [0.3, 0.4) is 0 Å². The summed E-state index contributed by atoms with van der Waals surface area (Å²) in [6, 6.07) is 2.91. The van der Waals surface area contributed by atoms with Crippen molar-refractivity contribution in [3.8, 4) is 0 Å². The minimum Gasteiger partial charge on any atom is -0.370 e. The third-order valence-corrected chi connectivity index (χ3v) is 5.21. The van der Waals surface area contributed by atoms with Gasteiger partial charge in [0.25, 0.3) is 0 Å². The zero-order valence-corrected chi connectivity index (χ0v) is 14.2. The number of hydrogen-bond acceptors (Lipinski definition) is 3. The number of primary amides is 1. The number of hydrogen-bond donors (Lipinski definition) is 2. The van der Waals surface area contributed by atoms with Gasteiger partial charge in [-0.1, -0.05) is 39.1 Å². The number of carbonyl (C=O) groups excluding carboxylic acids is 1. The first-order valence-corrected chi connectivity index (χ1v) is 8.70. The smallest absolute Gasteiger partial charge is 0.243 e. The molecule has 0 aliphatic rings. The number of benzene rings is 1. The molecule has 112 valence electrons. The molecular formula is C11H13BrCl2N2O3S. The van der Waals surface area contributed by atoms with E-state index in [9.17, 15) is 13.2 Å². The zero-order chi connectivity index (χ0) is 15.3. The van der Waals surface area contributed by atoms with Crippen molar-refractivity contribution in [1.82, 2.24) is 4.72 Å². The van der Waals surface area contributed by atoms with Crippen LogP contribution in [0.2, 0.25) is 10.0 Å². The monoisotopic (exact) mass is 402 g/mol. The highest BCUT2D eigenvalue weighted by Crippen LogP contribution is 2.32. The Bertz CT molecular complexity index is 585. The van der Waals surface area contributed by atoms with Gasteiger partial charge in [-0.05, 0) is 25.0 Å². The van der Waals surface area contributed by atoms with E-state index in [-0.39, 0.29) is 27.9 Å². The van der Waals surface area contributed by atoms with Crippen molar-refractivity contribution in [3.63, 3.8) is 0 Å². The van der Waals surface area contributed by atoms with Crippen LogP contribution in [0, 0.1) is 0 Å². The summed E-state index contributed by atoms with van der Waals surface area (Å²) in [4.78, 5) is 10.4. The lowest BCUT2D eigenvalue weighted by atomic mass is 10.2. The molecule has 9 heteroatoms. The first-order valence-electron chi connectivity index (χ1n) is 5.66. The predicted octanol–water partition coefficient (Wildman–Crippen LogP) is 2.69. The van der Waals surface area contributed by atoms with Crippen LogP contribution >= 0.6 is 39.1 Å². The highest BCUT2D eigenvalue weighted by atomic mass is 79.9. The van der Waals surface area contributed by atoms with Gasteiger partial charge < -0.3 is 5.73 Å². The van der Waals surface area contributed by atoms with Gasteiger partial charge in [0.2, 0.25) is 15.9 Å². The lowest BCUT2D eigenvalue weighted by molar-refractivity contribution is -0.118. The third kappa shape index (κ3) is 5.21. The maximum Gasteiger partial charge on any atom is 0.243 e. The minimum absolute atomic E-state index is 0.0361. The average molecular weight is 404 g/mol. The molecule has 0 heterocycles. The highest BCUT2D eigenvalue weighted by Gasteiger charge is 2.21. The van der Waals surface area contributed by atoms with Crippen molar-refractivity contribution < 1.29 is 13.2 Å². The molecule has 1 rings (SSSR count). The number of amides is 1. The summed E-state index contributed by atoms with van der Waals surface area (Å²) < 4.78 is 27.2. The Morgan fingerprint density at radius 1 is 1.25 bits per heavy atom. The second kappa shape index (κ2) is 7.61. The summed E-state index contributed by atoms with van der Waals surface area (Å²) in [6.07, 6.45) is 1.23. The largest absolute Gasteiger partial charge is 0.370 e. The Balaban J connectivity index is 2.73. The molecule has 0 radical (unpaired) electrons. The molecule has 0 spiro atoms. The van der Waals surface area contributed by atoms with E-state index in [2.05, 4.69) is 20.7 Å². The lowest BCUT2D eigenvalue weighted by Gasteiger charge is -2.10. The van der Waals surface area contributed by atoms with Gasteiger partial charge in [-0.3, -0.25) is 4.79 Å². The van der Waals surface area contributed by atoms with Gasteiger partial charge in [0.1, 0.15) is 4.90 Å². The third-order valence-electron chi connectivity index (χ3n) is 2.37. The number of nitrogens with two attached hydrogens (primary N) is 1. The fourth-order valence-electron chi connectivity index (χ4n) is 1.49. The van der Waals surface area contributed by atoms with Crippen molar-refractivity contribution in [2.24, 2.45) is 5.73 Å². The van der Waals surface area contributed by atoms with Crippen LogP contribution in [0.5, 0.6) is 0 Å². The summed E-state index contributed by atoms with van der Waals surface area (Å²) in [7, 11) is -3.79. The van der Waals surface area contributed by atoms with Crippen molar-refractivity contribution in [2.75, 3.05) is 6.54 Å². The van der Waals surface area contributed by atoms with Crippen LogP contribution in [0.4, 0.5) is 0 Å². The van der Waals surface area contributed by atoms with Crippen LogP contribution < -0.4 is 10.5 Å². The van der Waals surface area contributed by atoms with Gasteiger partial charge in [-0.25, -0.2) is 13.1 Å². The van der Waals surface area contributed by atoms with E-state index in [4.69, 9.17) is 28.9 Å². The molecule has 0 fully saturated rings. The molecule has 1 aromatic carbocycles. The Morgan fingerprint density at radius 2 is 1.80 bits per heavy atom. The van der Waals surface area contributed by atoms with Crippen LogP contribution in [-0.4, -0.2) is 20.9 Å². The van der Waals surface area contributed by atoms with Crippen LogP contribution in [0.15, 0.2) is 21.5 Å². The van der Waals surface area contributed by atoms with Gasteiger partial charge >= 0.3 is 0 Å². The normalized spacial score (nSPS) is 11.6. The van der Waals surface area contributed by atoms with Crippen LogP contribution in [0.1, 0.15) is 19.3 Å². The molecule has 0 aliphatic carbocycles. The molecule has 1 amide bonds. The Kier molecular flexibility index (Phi) is 6.74. The molecule has 0 saturated carbocycles. The van der Waals surface area contributed by atoms with E-state index in [0.717, 1.165) is 0 Å². The molecular weight excluding hydrogens is 391 g/mol. The lowest BCUT2D eigenvalue weighted by Crippen LogP contribution is -2.25. The number of rotatable bonds is 7. The Hall–Kier alpha value is -0.340. The molecule has 5 nitrogen and oxygen atoms in total. The van der Waals surface area contributed by atoms with Gasteiger partial charge in [-0.15, -0.1) is 0 Å². The van der Waals surface area contributed by atoms with Gasteiger partial charge in [0, 0.05) is 17.4 Å². The Morgan fingerprint density at radius 3 is 2.30 bits per heavy atom. The van der Waals surface area contributed by atoms with Crippen LogP contribution in [0.25, 0.3) is 0 Å². The Labute approximate surface area is 136 Å². The van der Waals surface area contributed by atoms with Gasteiger partial charge in [-0.2, -0.15) is 0 Å². The summed E-state index contributed by atoms with van der Waals surface area (Å²) in [5, 5.41) is 0.0722. The second-order valence-electron chi connectivity index (χ2n) is 4.02. The average Bonchev–Trinajstić information content (AvgIpc) is 2.25.